The number of amides is 1. The summed E-state index contributed by atoms with van der Waals surface area (Å²) in [5.41, 5.74) is 0. The Kier molecular flexibility index (Phi) is 4.65. The molecule has 3 atom stereocenters. The van der Waals surface area contributed by atoms with Gasteiger partial charge in [0.1, 0.15) is 0 Å². The first-order valence-corrected chi connectivity index (χ1v) is 7.56. The Balaban J connectivity index is 1.94. The number of halogens is 1. The van der Waals surface area contributed by atoms with Crippen LogP contribution in [-0.2, 0) is 4.79 Å². The van der Waals surface area contributed by atoms with Crippen LogP contribution in [0.25, 0.3) is 0 Å². The number of thiophene rings is 1. The minimum Gasteiger partial charge on any atom is -0.351 e. The summed E-state index contributed by atoms with van der Waals surface area (Å²) in [5, 5.41) is 6.53. The zero-order valence-corrected chi connectivity index (χ0v) is 12.3. The number of rotatable bonds is 3. The number of nitrogens with one attached hydrogen (secondary N) is 2. The molecule has 0 saturated carbocycles. The van der Waals surface area contributed by atoms with Crippen molar-refractivity contribution in [2.75, 3.05) is 6.54 Å². The van der Waals surface area contributed by atoms with E-state index in [1.165, 1.54) is 11.3 Å². The second-order valence-electron chi connectivity index (χ2n) is 4.86. The molecule has 0 radical (unpaired) electrons. The highest BCUT2D eigenvalue weighted by atomic mass is 35.5. The van der Waals surface area contributed by atoms with Crippen LogP contribution in [0.5, 0.6) is 0 Å². The van der Waals surface area contributed by atoms with Gasteiger partial charge in [0, 0.05) is 17.0 Å². The van der Waals surface area contributed by atoms with E-state index in [4.69, 9.17) is 11.6 Å². The van der Waals surface area contributed by atoms with Crippen LogP contribution < -0.4 is 10.6 Å². The van der Waals surface area contributed by atoms with Gasteiger partial charge in [0.15, 0.2) is 0 Å². The molecule has 1 saturated heterocycles. The van der Waals surface area contributed by atoms with Crippen LogP contribution in [0.3, 0.4) is 0 Å². The maximum absolute atomic E-state index is 12.2. The molecule has 1 aromatic rings. The molecule has 0 spiro atoms. The highest BCUT2D eigenvalue weighted by Gasteiger charge is 2.25. The average molecular weight is 287 g/mol. The van der Waals surface area contributed by atoms with Crippen LogP contribution >= 0.6 is 22.9 Å². The zero-order chi connectivity index (χ0) is 13.1. The first-order chi connectivity index (χ1) is 8.58. The summed E-state index contributed by atoms with van der Waals surface area (Å²) >= 11 is 7.38. The van der Waals surface area contributed by atoms with Crippen molar-refractivity contribution in [3.05, 3.63) is 21.3 Å². The zero-order valence-electron chi connectivity index (χ0n) is 10.7. The van der Waals surface area contributed by atoms with Crippen molar-refractivity contribution in [3.63, 3.8) is 0 Å². The van der Waals surface area contributed by atoms with Gasteiger partial charge < -0.3 is 10.6 Å². The van der Waals surface area contributed by atoms with Crippen LogP contribution in [0.2, 0.25) is 4.34 Å². The Labute approximate surface area is 117 Å². The van der Waals surface area contributed by atoms with Crippen molar-refractivity contribution < 1.29 is 4.79 Å². The standard InChI is InChI=1S/C13H19ClN2OS/c1-8(11-5-6-12(14)18-11)13(17)16-10-4-3-7-15-9(10)2/h5-6,8-10,15H,3-4,7H2,1-2H3,(H,16,17). The third-order valence-electron chi connectivity index (χ3n) is 3.50. The molecule has 1 aromatic heterocycles. The molecule has 2 rings (SSSR count). The summed E-state index contributed by atoms with van der Waals surface area (Å²) in [6.45, 7) is 5.10. The van der Waals surface area contributed by atoms with Crippen molar-refractivity contribution in [2.45, 2.75) is 44.7 Å². The Hall–Kier alpha value is -0.580. The lowest BCUT2D eigenvalue weighted by Gasteiger charge is -2.31. The van der Waals surface area contributed by atoms with Gasteiger partial charge in [-0.2, -0.15) is 0 Å². The maximum atomic E-state index is 12.2. The van der Waals surface area contributed by atoms with E-state index in [0.717, 1.165) is 28.6 Å². The van der Waals surface area contributed by atoms with Gasteiger partial charge >= 0.3 is 0 Å². The number of carbonyl (C=O) groups excluding carboxylic acids is 1. The summed E-state index contributed by atoms with van der Waals surface area (Å²) in [7, 11) is 0. The first-order valence-electron chi connectivity index (χ1n) is 6.37. The number of hydrogen-bond acceptors (Lipinski definition) is 3. The van der Waals surface area contributed by atoms with Gasteiger partial charge in [-0.25, -0.2) is 0 Å². The molecular weight excluding hydrogens is 268 g/mol. The van der Waals surface area contributed by atoms with Crippen molar-refractivity contribution in [3.8, 4) is 0 Å². The van der Waals surface area contributed by atoms with Gasteiger partial charge in [0.2, 0.25) is 5.91 Å². The van der Waals surface area contributed by atoms with Gasteiger partial charge in [0.05, 0.1) is 10.3 Å². The fourth-order valence-corrected chi connectivity index (χ4v) is 3.35. The van der Waals surface area contributed by atoms with E-state index in [0.29, 0.717) is 6.04 Å². The summed E-state index contributed by atoms with van der Waals surface area (Å²) in [6.07, 6.45) is 2.17. The maximum Gasteiger partial charge on any atom is 0.228 e. The third-order valence-corrected chi connectivity index (χ3v) is 4.92. The molecule has 100 valence electrons. The normalized spacial score (nSPS) is 25.7. The average Bonchev–Trinajstić information content (AvgIpc) is 2.78. The monoisotopic (exact) mass is 286 g/mol. The van der Waals surface area contributed by atoms with Crippen molar-refractivity contribution in [1.29, 1.82) is 0 Å². The van der Waals surface area contributed by atoms with Crippen LogP contribution in [0.1, 0.15) is 37.5 Å². The Morgan fingerprint density at radius 3 is 3.00 bits per heavy atom. The molecular formula is C13H19ClN2OS. The molecule has 18 heavy (non-hydrogen) atoms. The van der Waals surface area contributed by atoms with Gasteiger partial charge in [-0.1, -0.05) is 11.6 Å². The second-order valence-corrected chi connectivity index (χ2v) is 6.61. The van der Waals surface area contributed by atoms with E-state index >= 15 is 0 Å². The minimum absolute atomic E-state index is 0.0917. The Morgan fingerprint density at radius 2 is 2.39 bits per heavy atom. The van der Waals surface area contributed by atoms with Crippen LogP contribution in [0, 0.1) is 0 Å². The fraction of sp³-hybridized carbons (Fsp3) is 0.615. The molecule has 0 bridgehead atoms. The second kappa shape index (κ2) is 6.04. The largest absolute Gasteiger partial charge is 0.351 e. The topological polar surface area (TPSA) is 41.1 Å². The summed E-state index contributed by atoms with van der Waals surface area (Å²) in [6, 6.07) is 4.36. The Morgan fingerprint density at radius 1 is 1.61 bits per heavy atom. The van der Waals surface area contributed by atoms with E-state index in [1.807, 2.05) is 19.1 Å². The predicted octanol–water partition coefficient (Wildman–Crippen LogP) is 2.76. The SMILES string of the molecule is CC(C(=O)NC1CCCNC1C)c1ccc(Cl)s1. The summed E-state index contributed by atoms with van der Waals surface area (Å²) < 4.78 is 0.734. The van der Waals surface area contributed by atoms with Gasteiger partial charge in [-0.3, -0.25) is 4.79 Å². The first kappa shape index (κ1) is 13.8. The molecule has 1 amide bonds. The van der Waals surface area contributed by atoms with Crippen molar-refractivity contribution in [2.24, 2.45) is 0 Å². The van der Waals surface area contributed by atoms with Crippen LogP contribution in [0.15, 0.2) is 12.1 Å². The molecule has 2 N–H and O–H groups in total. The fourth-order valence-electron chi connectivity index (χ4n) is 2.24. The number of piperidine rings is 1. The highest BCUT2D eigenvalue weighted by molar-refractivity contribution is 7.16. The van der Waals surface area contributed by atoms with Crippen molar-refractivity contribution in [1.82, 2.24) is 10.6 Å². The van der Waals surface area contributed by atoms with Crippen molar-refractivity contribution >= 4 is 28.8 Å². The highest BCUT2D eigenvalue weighted by Crippen LogP contribution is 2.28. The predicted molar refractivity (Wildman–Crippen MR) is 76.4 cm³/mol. The molecule has 5 heteroatoms. The molecule has 3 nitrogen and oxygen atoms in total. The van der Waals surface area contributed by atoms with E-state index < -0.39 is 0 Å². The molecule has 3 unspecified atom stereocenters. The van der Waals surface area contributed by atoms with Crippen LogP contribution in [-0.4, -0.2) is 24.5 Å². The molecule has 0 aliphatic carbocycles. The summed E-state index contributed by atoms with van der Waals surface area (Å²) in [4.78, 5) is 13.2. The van der Waals surface area contributed by atoms with E-state index in [-0.39, 0.29) is 17.9 Å². The van der Waals surface area contributed by atoms with E-state index in [2.05, 4.69) is 17.6 Å². The lowest BCUT2D eigenvalue weighted by atomic mass is 9.98. The number of hydrogen-bond donors (Lipinski definition) is 2. The minimum atomic E-state index is -0.128. The van der Waals surface area contributed by atoms with E-state index in [9.17, 15) is 4.79 Å². The number of carbonyl (C=O) groups is 1. The smallest absolute Gasteiger partial charge is 0.228 e. The lowest BCUT2D eigenvalue weighted by molar-refractivity contribution is -0.123. The molecule has 1 aliphatic heterocycles. The summed E-state index contributed by atoms with van der Waals surface area (Å²) in [5.74, 6) is -0.0364. The van der Waals surface area contributed by atoms with Gasteiger partial charge in [-0.05, 0) is 45.4 Å². The molecule has 1 fully saturated rings. The molecule has 2 heterocycles. The van der Waals surface area contributed by atoms with Crippen LogP contribution in [0.4, 0.5) is 0 Å². The van der Waals surface area contributed by atoms with Gasteiger partial charge in [-0.15, -0.1) is 11.3 Å². The van der Waals surface area contributed by atoms with E-state index in [1.54, 1.807) is 0 Å². The lowest BCUT2D eigenvalue weighted by Crippen LogP contribution is -2.52. The quantitative estimate of drug-likeness (QED) is 0.897. The molecule has 0 aromatic carbocycles. The van der Waals surface area contributed by atoms with Gasteiger partial charge in [0.25, 0.3) is 0 Å². The Bertz CT molecular complexity index is 421. The molecule has 1 aliphatic rings. The third kappa shape index (κ3) is 3.25.